The van der Waals surface area contributed by atoms with E-state index in [1.165, 1.54) is 10.8 Å². The van der Waals surface area contributed by atoms with Crippen molar-refractivity contribution < 1.29 is 17.9 Å². The van der Waals surface area contributed by atoms with E-state index in [0.29, 0.717) is 13.0 Å². The largest absolute Gasteiger partial charge is 0.411 e. The van der Waals surface area contributed by atoms with Crippen molar-refractivity contribution in [2.24, 2.45) is 13.0 Å². The Balaban J connectivity index is 1.94. The third-order valence-corrected chi connectivity index (χ3v) is 3.85. The number of halogens is 3. The summed E-state index contributed by atoms with van der Waals surface area (Å²) in [5, 5.41) is 2.94. The number of rotatable bonds is 5. The van der Waals surface area contributed by atoms with Crippen LogP contribution in [0.25, 0.3) is 0 Å². The van der Waals surface area contributed by atoms with Crippen LogP contribution in [0.15, 0.2) is 17.2 Å². The van der Waals surface area contributed by atoms with E-state index in [-0.39, 0.29) is 17.3 Å². The number of anilines is 1. The maximum atomic E-state index is 12.3. The van der Waals surface area contributed by atoms with Crippen LogP contribution in [-0.4, -0.2) is 35.0 Å². The summed E-state index contributed by atoms with van der Waals surface area (Å²) in [4.78, 5) is 15.8. The van der Waals surface area contributed by atoms with Gasteiger partial charge >= 0.3 is 6.18 Å². The van der Waals surface area contributed by atoms with Gasteiger partial charge in [-0.15, -0.1) is 0 Å². The fourth-order valence-corrected chi connectivity index (χ4v) is 2.67. The van der Waals surface area contributed by atoms with Crippen molar-refractivity contribution in [1.82, 2.24) is 9.55 Å². The van der Waals surface area contributed by atoms with Crippen molar-refractivity contribution in [2.45, 2.75) is 38.0 Å². The number of nitrogens with zero attached hydrogens (tertiary/aromatic N) is 2. The molecule has 1 aromatic heterocycles. The number of hydrogen-bond donors (Lipinski definition) is 1. The molecule has 1 fully saturated rings. The Bertz CT molecular complexity index is 545. The highest BCUT2D eigenvalue weighted by atomic mass is 19.4. The predicted molar refractivity (Wildman–Crippen MR) is 75.7 cm³/mol. The molecule has 1 heterocycles. The molecule has 1 aromatic rings. The third-order valence-electron chi connectivity index (χ3n) is 3.85. The summed E-state index contributed by atoms with van der Waals surface area (Å²) in [6.07, 6.45) is 1.52. The van der Waals surface area contributed by atoms with Crippen molar-refractivity contribution in [3.05, 3.63) is 22.7 Å². The molecule has 8 heteroatoms. The number of alkyl halides is 3. The van der Waals surface area contributed by atoms with Crippen molar-refractivity contribution in [1.29, 1.82) is 0 Å². The molecule has 0 unspecified atom stereocenters. The van der Waals surface area contributed by atoms with E-state index in [2.05, 4.69) is 10.3 Å². The van der Waals surface area contributed by atoms with Gasteiger partial charge in [0.15, 0.2) is 5.82 Å². The molecule has 1 saturated carbocycles. The number of hydrogen-bond acceptors (Lipinski definition) is 4. The van der Waals surface area contributed by atoms with E-state index in [1.54, 1.807) is 13.2 Å². The Labute approximate surface area is 126 Å². The van der Waals surface area contributed by atoms with E-state index < -0.39 is 18.9 Å². The molecule has 124 valence electrons. The van der Waals surface area contributed by atoms with Crippen LogP contribution >= 0.6 is 0 Å². The molecule has 0 aliphatic heterocycles. The first-order valence-electron chi connectivity index (χ1n) is 7.30. The average molecular weight is 319 g/mol. The number of aromatic nitrogens is 2. The van der Waals surface area contributed by atoms with Gasteiger partial charge in [0, 0.05) is 31.9 Å². The predicted octanol–water partition coefficient (Wildman–Crippen LogP) is 2.33. The minimum Gasteiger partial charge on any atom is -0.368 e. The molecule has 22 heavy (non-hydrogen) atoms. The molecule has 0 radical (unpaired) electrons. The minimum atomic E-state index is -4.31. The van der Waals surface area contributed by atoms with Crippen molar-refractivity contribution in [2.75, 3.05) is 18.5 Å². The van der Waals surface area contributed by atoms with E-state index in [9.17, 15) is 18.0 Å². The summed E-state index contributed by atoms with van der Waals surface area (Å²) in [6.45, 7) is -0.839. The second kappa shape index (κ2) is 7.13. The van der Waals surface area contributed by atoms with Crippen LogP contribution < -0.4 is 10.9 Å². The zero-order valence-corrected chi connectivity index (χ0v) is 12.4. The van der Waals surface area contributed by atoms with Crippen LogP contribution in [0.3, 0.4) is 0 Å². The van der Waals surface area contributed by atoms with E-state index >= 15 is 0 Å². The van der Waals surface area contributed by atoms with E-state index in [4.69, 9.17) is 4.74 Å². The Morgan fingerprint density at radius 3 is 2.86 bits per heavy atom. The first-order valence-corrected chi connectivity index (χ1v) is 7.30. The summed E-state index contributed by atoms with van der Waals surface area (Å²) in [5.41, 5.74) is -0.258. The van der Waals surface area contributed by atoms with Gasteiger partial charge in [0.1, 0.15) is 6.61 Å². The molecule has 1 N–H and O–H groups in total. The summed E-state index contributed by atoms with van der Waals surface area (Å²) >= 11 is 0. The zero-order chi connectivity index (χ0) is 16.2. The summed E-state index contributed by atoms with van der Waals surface area (Å²) in [5.74, 6) is 0.160. The number of aryl methyl sites for hydroxylation is 1. The molecule has 2 atom stereocenters. The van der Waals surface area contributed by atoms with Gasteiger partial charge in [-0.1, -0.05) is 12.8 Å². The van der Waals surface area contributed by atoms with Gasteiger partial charge in [0.05, 0.1) is 6.10 Å². The van der Waals surface area contributed by atoms with Crippen LogP contribution in [0.5, 0.6) is 0 Å². The third kappa shape index (κ3) is 4.72. The fraction of sp³-hybridized carbons (Fsp3) is 0.714. The van der Waals surface area contributed by atoms with Crippen LogP contribution in [-0.2, 0) is 11.8 Å². The molecule has 0 saturated heterocycles. The van der Waals surface area contributed by atoms with Crippen LogP contribution in [0, 0.1) is 5.92 Å². The van der Waals surface area contributed by atoms with E-state index in [0.717, 1.165) is 19.3 Å². The molecule has 0 aromatic carbocycles. The minimum absolute atomic E-state index is 0.0530. The molecule has 5 nitrogen and oxygen atoms in total. The summed E-state index contributed by atoms with van der Waals surface area (Å²) in [7, 11) is 1.62. The molecule has 1 aliphatic rings. The van der Waals surface area contributed by atoms with Gasteiger partial charge in [-0.05, 0) is 12.8 Å². The first kappa shape index (κ1) is 16.8. The molecular weight excluding hydrogens is 299 g/mol. The highest BCUT2D eigenvalue weighted by Crippen LogP contribution is 2.28. The number of nitrogens with one attached hydrogen (secondary N) is 1. The lowest BCUT2D eigenvalue weighted by Gasteiger charge is -2.32. The van der Waals surface area contributed by atoms with E-state index in [1.807, 2.05) is 0 Å². The molecule has 0 bridgehead atoms. The fourth-order valence-electron chi connectivity index (χ4n) is 2.67. The van der Waals surface area contributed by atoms with Gasteiger partial charge in [-0.2, -0.15) is 13.2 Å². The Hall–Kier alpha value is -1.57. The van der Waals surface area contributed by atoms with Gasteiger partial charge in [-0.25, -0.2) is 4.98 Å². The lowest BCUT2D eigenvalue weighted by atomic mass is 9.86. The summed E-state index contributed by atoms with van der Waals surface area (Å²) < 4.78 is 43.3. The zero-order valence-electron chi connectivity index (χ0n) is 12.4. The van der Waals surface area contributed by atoms with Gasteiger partial charge in [0.25, 0.3) is 5.56 Å². The maximum Gasteiger partial charge on any atom is 0.411 e. The monoisotopic (exact) mass is 319 g/mol. The van der Waals surface area contributed by atoms with Crippen molar-refractivity contribution in [3.8, 4) is 0 Å². The second-order valence-corrected chi connectivity index (χ2v) is 5.58. The number of ether oxygens (including phenoxy) is 1. The second-order valence-electron chi connectivity index (χ2n) is 5.58. The Morgan fingerprint density at radius 1 is 1.41 bits per heavy atom. The normalized spacial score (nSPS) is 22.5. The lowest BCUT2D eigenvalue weighted by molar-refractivity contribution is -0.192. The summed E-state index contributed by atoms with van der Waals surface area (Å²) in [6, 6.07) is 0. The van der Waals surface area contributed by atoms with Crippen molar-refractivity contribution >= 4 is 5.82 Å². The highest BCUT2D eigenvalue weighted by molar-refractivity contribution is 5.30. The quantitative estimate of drug-likeness (QED) is 0.905. The SMILES string of the molecule is Cn1ccnc(NC[C@@H]2CCCC[C@@H]2OCC(F)(F)F)c1=O. The van der Waals surface area contributed by atoms with Gasteiger partial charge < -0.3 is 14.6 Å². The molecule has 1 aliphatic carbocycles. The maximum absolute atomic E-state index is 12.3. The first-order chi connectivity index (χ1) is 10.4. The molecular formula is C14H20F3N3O2. The topological polar surface area (TPSA) is 56.1 Å². The highest BCUT2D eigenvalue weighted by Gasteiger charge is 2.33. The molecule has 0 amide bonds. The van der Waals surface area contributed by atoms with Crippen LogP contribution in [0.1, 0.15) is 25.7 Å². The van der Waals surface area contributed by atoms with Crippen molar-refractivity contribution in [3.63, 3.8) is 0 Å². The van der Waals surface area contributed by atoms with Crippen LogP contribution in [0.4, 0.5) is 19.0 Å². The van der Waals surface area contributed by atoms with Gasteiger partial charge in [-0.3, -0.25) is 4.79 Å². The standard InChI is InChI=1S/C14H20F3N3O2/c1-20-7-6-18-12(13(20)21)19-8-10-4-2-3-5-11(10)22-9-14(15,16)17/h6-7,10-11H,2-5,8-9H2,1H3,(H,18,19)/t10-,11-/m0/s1. The Kier molecular flexibility index (Phi) is 5.44. The average Bonchev–Trinajstić information content (AvgIpc) is 2.47. The van der Waals surface area contributed by atoms with Crippen LogP contribution in [0.2, 0.25) is 0 Å². The molecule has 2 rings (SSSR count). The smallest absolute Gasteiger partial charge is 0.368 e. The Morgan fingerprint density at radius 2 is 2.14 bits per heavy atom. The van der Waals surface area contributed by atoms with Gasteiger partial charge in [0.2, 0.25) is 0 Å². The lowest BCUT2D eigenvalue weighted by Crippen LogP contribution is -2.36. The molecule has 0 spiro atoms.